The highest BCUT2D eigenvalue weighted by Crippen LogP contribution is 2.52. The molecule has 8 heteroatoms. The quantitative estimate of drug-likeness (QED) is 0.0379. The first kappa shape index (κ1) is 93.2. The summed E-state index contributed by atoms with van der Waals surface area (Å²) in [6, 6.07) is 205. The highest BCUT2D eigenvalue weighted by Gasteiger charge is 2.27. The molecule has 0 aliphatic rings. The van der Waals surface area contributed by atoms with Crippen LogP contribution >= 0.6 is 7.14 Å². The molecule has 0 saturated heterocycles. The highest BCUT2D eigenvalue weighted by molar-refractivity contribution is 7.63. The molecule has 0 amide bonds. The van der Waals surface area contributed by atoms with Crippen LogP contribution in [0.25, 0.3) is 98.0 Å². The first-order chi connectivity index (χ1) is 73.7. The highest BCUT2D eigenvalue weighted by atomic mass is 31.2. The van der Waals surface area contributed by atoms with Crippen LogP contribution in [-0.2, 0) is 23.8 Å². The van der Waals surface area contributed by atoms with Crippen molar-refractivity contribution < 1.29 is 4.57 Å². The molecular formula is C141H111N6OP. The van der Waals surface area contributed by atoms with Gasteiger partial charge in [-0.3, -0.25) is 0 Å². The van der Waals surface area contributed by atoms with E-state index in [1.807, 2.05) is 0 Å². The van der Waals surface area contributed by atoms with Crippen LogP contribution in [0.4, 0.5) is 102 Å². The zero-order chi connectivity index (χ0) is 99.6. The van der Waals surface area contributed by atoms with Crippen molar-refractivity contribution in [1.82, 2.24) is 0 Å². The molecule has 24 aromatic carbocycles. The Bertz CT molecular complexity index is 8010. The van der Waals surface area contributed by atoms with Gasteiger partial charge in [0, 0.05) is 119 Å². The van der Waals surface area contributed by atoms with Gasteiger partial charge in [0.05, 0.1) is 41.3 Å². The van der Waals surface area contributed by atoms with Gasteiger partial charge in [0.1, 0.15) is 0 Å². The number of para-hydroxylation sites is 3. The van der Waals surface area contributed by atoms with Gasteiger partial charge in [0.15, 0.2) is 0 Å². The molecule has 0 saturated carbocycles. The van der Waals surface area contributed by atoms with Gasteiger partial charge in [0.2, 0.25) is 0 Å². The second-order valence-corrected chi connectivity index (χ2v) is 42.3. The molecule has 0 heterocycles. The molecule has 0 aliphatic carbocycles. The van der Waals surface area contributed by atoms with Gasteiger partial charge in [-0.15, -0.1) is 0 Å². The Hall–Kier alpha value is -18.1. The van der Waals surface area contributed by atoms with Crippen molar-refractivity contribution in [2.75, 3.05) is 47.9 Å². The van der Waals surface area contributed by atoms with E-state index in [4.69, 9.17) is 0 Å². The minimum absolute atomic E-state index is 0.672. The Kier molecular flexibility index (Phi) is 26.7. The fourth-order valence-corrected chi connectivity index (χ4v) is 24.9. The lowest BCUT2D eigenvalue weighted by molar-refractivity contribution is 0.568. The summed E-state index contributed by atoms with van der Waals surface area (Å²) in [6.45, 7) is 0. The first-order valence-corrected chi connectivity index (χ1v) is 54.3. The van der Waals surface area contributed by atoms with E-state index in [0.717, 1.165) is 174 Å². The fraction of sp³-hybridized carbons (Fsp3) is 0.0638. The van der Waals surface area contributed by atoms with E-state index in [1.54, 1.807) is 0 Å². The Balaban J connectivity index is 0.497. The third-order valence-electron chi connectivity index (χ3n) is 29.5. The van der Waals surface area contributed by atoms with Crippen LogP contribution in [0.15, 0.2) is 564 Å². The molecule has 0 unspecified atom stereocenters. The van der Waals surface area contributed by atoms with Crippen molar-refractivity contribution >= 4 is 174 Å². The molecule has 0 N–H and O–H groups in total. The molecule has 0 bridgehead atoms. The van der Waals surface area contributed by atoms with E-state index in [2.05, 4.69) is 594 Å². The van der Waals surface area contributed by atoms with Gasteiger partial charge in [-0.2, -0.15) is 0 Å². The Morgan fingerprint density at radius 3 is 0.450 bits per heavy atom. The summed E-state index contributed by atoms with van der Waals surface area (Å²) in [7, 11) is -2.75. The number of hydrogen-bond donors (Lipinski definition) is 0. The summed E-state index contributed by atoms with van der Waals surface area (Å²) in [5.41, 5.74) is 30.2. The summed E-state index contributed by atoms with van der Waals surface area (Å²) < 4.78 is 16.4. The molecule has 716 valence electrons. The van der Waals surface area contributed by atoms with Crippen LogP contribution in [0.2, 0.25) is 0 Å². The molecule has 24 aromatic rings. The summed E-state index contributed by atoms with van der Waals surface area (Å²) >= 11 is 0. The van der Waals surface area contributed by atoms with Crippen LogP contribution in [0, 0.1) is 0 Å². The number of hydrogen-bond acceptors (Lipinski definition) is 7. The van der Waals surface area contributed by atoms with Crippen molar-refractivity contribution in [3.05, 3.63) is 581 Å². The van der Waals surface area contributed by atoms with E-state index in [9.17, 15) is 0 Å². The van der Waals surface area contributed by atoms with Gasteiger partial charge in [-0.1, -0.05) is 382 Å². The number of rotatable bonds is 33. The van der Waals surface area contributed by atoms with E-state index in [1.165, 1.54) is 81.3 Å². The number of fused-ring (bicyclic) bond motifs is 6. The zero-order valence-corrected chi connectivity index (χ0v) is 84.0. The molecular weight excluding hydrogens is 1820 g/mol. The number of benzene rings is 24. The largest absolute Gasteiger partial charge is 0.324 e. The molecule has 0 spiro atoms. The maximum atomic E-state index is 16.4. The van der Waals surface area contributed by atoms with Crippen LogP contribution < -0.4 is 29.4 Å². The lowest BCUT2D eigenvalue weighted by atomic mass is 10.0. The van der Waals surface area contributed by atoms with Gasteiger partial charge in [-0.25, -0.2) is 0 Å². The van der Waals surface area contributed by atoms with Crippen molar-refractivity contribution in [1.29, 1.82) is 0 Å². The second-order valence-electron chi connectivity index (χ2n) is 38.8. The van der Waals surface area contributed by atoms with Gasteiger partial charge < -0.3 is 34.0 Å². The van der Waals surface area contributed by atoms with Crippen LogP contribution in [0.5, 0.6) is 0 Å². The topological polar surface area (TPSA) is 36.5 Å². The molecule has 7 nitrogen and oxygen atoms in total. The SMILES string of the molecule is O=P(CCCc1ccc(N(c2ccc(-c3ccc(N(c4ccccc4)c4cccc5ccccc45)cc3)cc2)c2cccc3ccccc23)cc1)(CCCc1ccc(N(c2ccc(-c3ccc(N(c4ccccc4)c4cccc5ccccc45)cc3)cc2)c2cccc3ccccc23)cc1)CCCc1ccc(N(c2ccc(-c3ccc(N(c4ccccc4)c4cccc5ccccc45)cc3)cc2)c2cccc3ccccc23)cc1. The summed E-state index contributed by atoms with van der Waals surface area (Å²) in [6.07, 6.45) is 6.91. The predicted octanol–water partition coefficient (Wildman–Crippen LogP) is 40.0. The third-order valence-corrected chi connectivity index (χ3v) is 32.9. The lowest BCUT2D eigenvalue weighted by Gasteiger charge is -2.28. The van der Waals surface area contributed by atoms with Crippen LogP contribution in [0.1, 0.15) is 36.0 Å². The van der Waals surface area contributed by atoms with Crippen molar-refractivity contribution in [2.45, 2.75) is 38.5 Å². The molecule has 0 radical (unpaired) electrons. The average Bonchev–Trinajstić information content (AvgIpc) is 0.822. The Morgan fingerprint density at radius 1 is 0.134 bits per heavy atom. The molecule has 149 heavy (non-hydrogen) atoms. The predicted molar refractivity (Wildman–Crippen MR) is 636 cm³/mol. The zero-order valence-electron chi connectivity index (χ0n) is 83.1. The van der Waals surface area contributed by atoms with E-state index in [-0.39, 0.29) is 0 Å². The molecule has 0 aliphatic heterocycles. The average molecular weight is 1940 g/mol. The Labute approximate surface area is 873 Å². The normalized spacial score (nSPS) is 11.5. The van der Waals surface area contributed by atoms with Crippen molar-refractivity contribution in [3.63, 3.8) is 0 Å². The van der Waals surface area contributed by atoms with E-state index >= 15 is 4.57 Å². The molecule has 0 aromatic heterocycles. The number of nitrogens with zero attached hydrogens (tertiary/aromatic N) is 6. The second kappa shape index (κ2) is 42.7. The minimum atomic E-state index is -2.75. The summed E-state index contributed by atoms with van der Waals surface area (Å²) in [5.74, 6) is 0. The molecule has 0 atom stereocenters. The smallest absolute Gasteiger partial charge is 0.0878 e. The first-order valence-electron chi connectivity index (χ1n) is 52.0. The summed E-state index contributed by atoms with van der Waals surface area (Å²) in [4.78, 5) is 14.3. The number of aryl methyl sites for hydroxylation is 3. The molecule has 24 rings (SSSR count). The van der Waals surface area contributed by atoms with E-state index < -0.39 is 7.14 Å². The van der Waals surface area contributed by atoms with Gasteiger partial charge >= 0.3 is 0 Å². The lowest BCUT2D eigenvalue weighted by Crippen LogP contribution is -2.11. The third kappa shape index (κ3) is 19.9. The summed E-state index contributed by atoms with van der Waals surface area (Å²) in [5, 5.41) is 14.3. The fourth-order valence-electron chi connectivity index (χ4n) is 22.0. The van der Waals surface area contributed by atoms with Crippen LogP contribution in [-0.4, -0.2) is 18.5 Å². The van der Waals surface area contributed by atoms with Crippen molar-refractivity contribution in [2.24, 2.45) is 0 Å². The van der Waals surface area contributed by atoms with E-state index in [0.29, 0.717) is 18.5 Å². The standard InChI is InChI=1S/C141H111N6OP/c148-149(100-28-31-103-64-82-121(83-65-103)145(139-61-25-43-115-37-13-19-55-133(115)139)127-94-76-109(77-95-127)106-70-88-124(89-71-106)142(118-46-4-1-5-47-118)136-58-22-40-112-34-10-16-52-130(112)136,101-29-32-104-66-84-122(85-67-104)146(140-62-26-44-116-38-14-20-56-134(116)140)128-96-78-110(79-97-128)107-72-90-125(91-73-107)143(119-48-6-2-7-49-119)137-59-23-41-113-35-11-17-53-131(113)137)102-30-33-105-68-86-123(87-69-105)147(141-63-27-45-117-39-15-21-57-135(117)141)129-98-80-111(81-99-129)108-74-92-126(93-75-108)144(120-50-8-3-9-51-120)138-60-24-42-114-36-12-18-54-132(114)138/h1-27,34-99H,28-33,100-102H2. The minimum Gasteiger partial charge on any atom is -0.324 e. The Morgan fingerprint density at radius 2 is 0.275 bits per heavy atom. The maximum Gasteiger partial charge on any atom is 0.0878 e. The number of anilines is 18. The van der Waals surface area contributed by atoms with Gasteiger partial charge in [0.25, 0.3) is 0 Å². The van der Waals surface area contributed by atoms with Gasteiger partial charge in [-0.05, 0) is 303 Å². The maximum absolute atomic E-state index is 16.4. The van der Waals surface area contributed by atoms with Crippen molar-refractivity contribution in [3.8, 4) is 33.4 Å². The van der Waals surface area contributed by atoms with Crippen LogP contribution in [0.3, 0.4) is 0 Å². The monoisotopic (exact) mass is 1930 g/mol. The molecule has 0 fully saturated rings.